The van der Waals surface area contributed by atoms with Crippen LogP contribution < -0.4 is 15.5 Å². The van der Waals surface area contributed by atoms with Crippen LogP contribution in [-0.4, -0.2) is 17.7 Å². The van der Waals surface area contributed by atoms with E-state index in [4.69, 9.17) is 0 Å². The Morgan fingerprint density at radius 3 is 2.03 bits per heavy atom. The van der Waals surface area contributed by atoms with Gasteiger partial charge in [0.1, 0.15) is 5.70 Å². The fraction of sp³-hybridized carbons (Fsp3) is 0.207. The van der Waals surface area contributed by atoms with Gasteiger partial charge >= 0.3 is 0 Å². The summed E-state index contributed by atoms with van der Waals surface area (Å²) in [5, 5.41) is 5.90. The van der Waals surface area contributed by atoms with Crippen LogP contribution >= 0.6 is 0 Å². The lowest BCUT2D eigenvalue weighted by Gasteiger charge is -2.17. The van der Waals surface area contributed by atoms with Crippen molar-refractivity contribution in [1.29, 1.82) is 0 Å². The molecule has 1 aliphatic heterocycles. The number of aryl methyl sites for hydroxylation is 2. The molecule has 2 N–H and O–H groups in total. The molecule has 0 radical (unpaired) electrons. The van der Waals surface area contributed by atoms with Gasteiger partial charge in [-0.05, 0) is 72.9 Å². The molecule has 4 rings (SSSR count). The van der Waals surface area contributed by atoms with Crippen LogP contribution in [0.4, 0.5) is 17.1 Å². The average Bonchev–Trinajstić information content (AvgIpc) is 3.04. The first-order valence-corrected chi connectivity index (χ1v) is 11.6. The van der Waals surface area contributed by atoms with E-state index in [-0.39, 0.29) is 17.5 Å². The summed E-state index contributed by atoms with van der Waals surface area (Å²) in [5.41, 5.74) is 6.21. The molecular weight excluding hydrogens is 438 g/mol. The molecule has 6 nitrogen and oxygen atoms in total. The van der Waals surface area contributed by atoms with Crippen LogP contribution in [0.1, 0.15) is 48.9 Å². The molecule has 0 saturated heterocycles. The molecule has 0 aromatic heterocycles. The van der Waals surface area contributed by atoms with Crippen molar-refractivity contribution < 1.29 is 14.4 Å². The quantitative estimate of drug-likeness (QED) is 0.450. The van der Waals surface area contributed by atoms with Crippen molar-refractivity contribution in [2.24, 2.45) is 0 Å². The maximum atomic E-state index is 13.7. The minimum absolute atomic E-state index is 0.166. The second-order valence-corrected chi connectivity index (χ2v) is 9.14. The zero-order valence-corrected chi connectivity index (χ0v) is 20.6. The molecule has 0 bridgehead atoms. The molecule has 0 spiro atoms. The number of anilines is 3. The van der Waals surface area contributed by atoms with Gasteiger partial charge in [-0.3, -0.25) is 14.4 Å². The third-order valence-electron chi connectivity index (χ3n) is 6.03. The van der Waals surface area contributed by atoms with Crippen molar-refractivity contribution in [1.82, 2.24) is 0 Å². The van der Waals surface area contributed by atoms with Gasteiger partial charge in [0.05, 0.1) is 11.3 Å². The van der Waals surface area contributed by atoms with Crippen molar-refractivity contribution >= 4 is 40.4 Å². The van der Waals surface area contributed by atoms with E-state index >= 15 is 0 Å². The van der Waals surface area contributed by atoms with Gasteiger partial charge < -0.3 is 10.6 Å². The number of imide groups is 1. The fourth-order valence-corrected chi connectivity index (χ4v) is 4.22. The molecule has 3 aromatic carbocycles. The Morgan fingerprint density at radius 1 is 0.829 bits per heavy atom. The second-order valence-electron chi connectivity index (χ2n) is 9.14. The van der Waals surface area contributed by atoms with E-state index in [2.05, 4.69) is 24.5 Å². The summed E-state index contributed by atoms with van der Waals surface area (Å²) in [6.07, 6.45) is 0. The molecule has 0 aliphatic carbocycles. The molecule has 1 aliphatic rings. The zero-order valence-electron chi connectivity index (χ0n) is 20.6. The van der Waals surface area contributed by atoms with Crippen LogP contribution in [0.3, 0.4) is 0 Å². The first kappa shape index (κ1) is 24.0. The fourth-order valence-electron chi connectivity index (χ4n) is 4.22. The zero-order chi connectivity index (χ0) is 25.3. The predicted molar refractivity (Wildman–Crippen MR) is 140 cm³/mol. The highest BCUT2D eigenvalue weighted by molar-refractivity contribution is 6.46. The first-order valence-electron chi connectivity index (χ1n) is 11.6. The number of nitrogens with zero attached hydrogens (tertiary/aromatic N) is 1. The third-order valence-corrected chi connectivity index (χ3v) is 6.03. The summed E-state index contributed by atoms with van der Waals surface area (Å²) < 4.78 is 0. The smallest absolute Gasteiger partial charge is 0.282 e. The Labute approximate surface area is 205 Å². The summed E-state index contributed by atoms with van der Waals surface area (Å²) in [7, 11) is 0. The van der Waals surface area contributed by atoms with Crippen LogP contribution in [0.25, 0.3) is 5.57 Å². The molecule has 0 unspecified atom stereocenters. The normalized spacial score (nSPS) is 13.6. The van der Waals surface area contributed by atoms with E-state index in [1.807, 2.05) is 56.3 Å². The van der Waals surface area contributed by atoms with Crippen LogP contribution in [-0.2, 0) is 14.4 Å². The number of rotatable bonds is 6. The van der Waals surface area contributed by atoms with Crippen LogP contribution in [0, 0.1) is 13.8 Å². The Hall–Kier alpha value is -4.19. The Bertz CT molecular complexity index is 1340. The minimum Gasteiger partial charge on any atom is -0.350 e. The number of nitrogens with one attached hydrogen (secondary N) is 2. The summed E-state index contributed by atoms with van der Waals surface area (Å²) in [4.78, 5) is 39.9. The SMILES string of the molecule is CC(=O)Nc1ccc(NC2=C(c3ccc(C)cc3C)C(=O)N(c3ccc(C(C)C)cc3)C2=O)cc1. The summed E-state index contributed by atoms with van der Waals surface area (Å²) in [6.45, 7) is 9.57. The van der Waals surface area contributed by atoms with Gasteiger partial charge in [-0.25, -0.2) is 4.90 Å². The van der Waals surface area contributed by atoms with E-state index in [1.54, 1.807) is 24.3 Å². The van der Waals surface area contributed by atoms with Crippen molar-refractivity contribution in [3.05, 3.63) is 94.7 Å². The van der Waals surface area contributed by atoms with E-state index in [0.29, 0.717) is 34.1 Å². The standard InChI is InChI=1S/C29H29N3O3/c1-17(2)21-7-13-24(14-8-21)32-28(34)26(25-15-6-18(3)16-19(25)4)27(29(32)35)31-23-11-9-22(10-12-23)30-20(5)33/h6-17,31H,1-5H3,(H,30,33). The van der Waals surface area contributed by atoms with Crippen LogP contribution in [0.2, 0.25) is 0 Å². The number of carbonyl (C=O) groups is 3. The molecule has 0 fully saturated rings. The van der Waals surface area contributed by atoms with Gasteiger partial charge in [0.25, 0.3) is 11.8 Å². The van der Waals surface area contributed by atoms with Gasteiger partial charge in [0, 0.05) is 18.3 Å². The Morgan fingerprint density at radius 2 is 1.46 bits per heavy atom. The van der Waals surface area contributed by atoms with E-state index in [1.165, 1.54) is 11.8 Å². The number of benzene rings is 3. The molecule has 6 heteroatoms. The maximum Gasteiger partial charge on any atom is 0.282 e. The van der Waals surface area contributed by atoms with Gasteiger partial charge in [-0.2, -0.15) is 0 Å². The van der Waals surface area contributed by atoms with Gasteiger partial charge in [-0.1, -0.05) is 49.7 Å². The molecule has 3 amide bonds. The van der Waals surface area contributed by atoms with Crippen molar-refractivity contribution in [2.45, 2.75) is 40.5 Å². The monoisotopic (exact) mass is 467 g/mol. The number of carbonyl (C=O) groups excluding carboxylic acids is 3. The van der Waals surface area contributed by atoms with Crippen LogP contribution in [0.5, 0.6) is 0 Å². The van der Waals surface area contributed by atoms with Crippen LogP contribution in [0.15, 0.2) is 72.4 Å². The minimum atomic E-state index is -0.409. The van der Waals surface area contributed by atoms with Crippen molar-refractivity contribution in [2.75, 3.05) is 15.5 Å². The predicted octanol–water partition coefficient (Wildman–Crippen LogP) is 5.78. The molecular formula is C29H29N3O3. The first-order chi connectivity index (χ1) is 16.7. The molecule has 3 aromatic rings. The lowest BCUT2D eigenvalue weighted by Crippen LogP contribution is -2.32. The summed E-state index contributed by atoms with van der Waals surface area (Å²) in [5.74, 6) is -0.596. The Balaban J connectivity index is 1.76. The maximum absolute atomic E-state index is 13.7. The molecule has 0 saturated carbocycles. The molecule has 178 valence electrons. The number of hydrogen-bond donors (Lipinski definition) is 2. The van der Waals surface area contributed by atoms with Gasteiger partial charge in [0.15, 0.2) is 0 Å². The third kappa shape index (κ3) is 4.87. The van der Waals surface area contributed by atoms with Crippen molar-refractivity contribution in [3.8, 4) is 0 Å². The number of amides is 3. The highest BCUT2D eigenvalue weighted by atomic mass is 16.2. The van der Waals surface area contributed by atoms with E-state index in [9.17, 15) is 14.4 Å². The largest absolute Gasteiger partial charge is 0.350 e. The highest BCUT2D eigenvalue weighted by Crippen LogP contribution is 2.35. The van der Waals surface area contributed by atoms with Gasteiger partial charge in [0.2, 0.25) is 5.91 Å². The summed E-state index contributed by atoms with van der Waals surface area (Å²) >= 11 is 0. The van der Waals surface area contributed by atoms with Gasteiger partial charge in [-0.15, -0.1) is 0 Å². The topological polar surface area (TPSA) is 78.5 Å². The Kier molecular flexibility index (Phi) is 6.56. The molecule has 35 heavy (non-hydrogen) atoms. The molecule has 0 atom stereocenters. The molecule has 1 heterocycles. The lowest BCUT2D eigenvalue weighted by molar-refractivity contribution is -0.120. The summed E-state index contributed by atoms with van der Waals surface area (Å²) in [6, 6.07) is 20.4. The highest BCUT2D eigenvalue weighted by Gasteiger charge is 2.40. The van der Waals surface area contributed by atoms with Crippen molar-refractivity contribution in [3.63, 3.8) is 0 Å². The number of hydrogen-bond acceptors (Lipinski definition) is 4. The average molecular weight is 468 g/mol. The van der Waals surface area contributed by atoms with E-state index < -0.39 is 5.91 Å². The lowest BCUT2D eigenvalue weighted by atomic mass is 9.97. The van der Waals surface area contributed by atoms with E-state index in [0.717, 1.165) is 16.7 Å². The second kappa shape index (κ2) is 9.58.